The molecule has 1 heterocycles. The molecule has 0 aliphatic heterocycles. The highest BCUT2D eigenvalue weighted by molar-refractivity contribution is 7.15. The quantitative estimate of drug-likeness (QED) is 0.705. The van der Waals surface area contributed by atoms with E-state index >= 15 is 0 Å². The molecule has 0 fully saturated rings. The summed E-state index contributed by atoms with van der Waals surface area (Å²) < 4.78 is 0. The van der Waals surface area contributed by atoms with Crippen molar-refractivity contribution in [1.82, 2.24) is 4.98 Å². The average molecular weight is 224 g/mol. The van der Waals surface area contributed by atoms with E-state index in [9.17, 15) is 0 Å². The van der Waals surface area contributed by atoms with Crippen molar-refractivity contribution in [2.75, 3.05) is 0 Å². The minimum Gasteiger partial charge on any atom is -0.248 e. The summed E-state index contributed by atoms with van der Waals surface area (Å²) in [6.45, 7) is 2.08. The van der Waals surface area contributed by atoms with Crippen molar-refractivity contribution in [2.45, 2.75) is 12.8 Å². The Hall–Kier alpha value is -0.860. The molecule has 1 nitrogen and oxygen atoms in total. The van der Waals surface area contributed by atoms with E-state index in [2.05, 4.69) is 36.2 Å². The summed E-state index contributed by atoms with van der Waals surface area (Å²) in [7, 11) is 0. The molecule has 0 atom stereocenters. The van der Waals surface area contributed by atoms with E-state index in [1.54, 1.807) is 11.3 Å². The first-order valence-electron chi connectivity index (χ1n) is 4.37. The normalized spacial score (nSPS) is 10.4. The minimum atomic E-state index is 0.497. The van der Waals surface area contributed by atoms with Crippen molar-refractivity contribution in [3.8, 4) is 10.4 Å². The van der Waals surface area contributed by atoms with Crippen LogP contribution in [0.4, 0.5) is 0 Å². The number of aromatic nitrogens is 1. The molecule has 0 unspecified atom stereocenters. The van der Waals surface area contributed by atoms with Gasteiger partial charge >= 0.3 is 0 Å². The van der Waals surface area contributed by atoms with Gasteiger partial charge in [-0.1, -0.05) is 29.8 Å². The lowest BCUT2D eigenvalue weighted by molar-refractivity contribution is 1.26. The SMILES string of the molecule is Cc1ccc(-c2cnc(CCl)s2)cc1. The third-order valence-corrected chi connectivity index (χ3v) is 3.46. The van der Waals surface area contributed by atoms with Crippen LogP contribution in [0, 0.1) is 6.92 Å². The lowest BCUT2D eigenvalue weighted by Crippen LogP contribution is -1.73. The van der Waals surface area contributed by atoms with Gasteiger partial charge in [-0.25, -0.2) is 4.98 Å². The van der Waals surface area contributed by atoms with Gasteiger partial charge in [0.05, 0.1) is 10.8 Å². The predicted molar refractivity (Wildman–Crippen MR) is 61.8 cm³/mol. The highest BCUT2D eigenvalue weighted by Crippen LogP contribution is 2.26. The van der Waals surface area contributed by atoms with Gasteiger partial charge in [0, 0.05) is 6.20 Å². The van der Waals surface area contributed by atoms with Crippen LogP contribution in [0.3, 0.4) is 0 Å². The summed E-state index contributed by atoms with van der Waals surface area (Å²) >= 11 is 7.35. The summed E-state index contributed by atoms with van der Waals surface area (Å²) in [4.78, 5) is 5.40. The molecule has 0 bridgehead atoms. The fourth-order valence-electron chi connectivity index (χ4n) is 1.22. The molecule has 1 aromatic carbocycles. The van der Waals surface area contributed by atoms with Gasteiger partial charge in [0.15, 0.2) is 0 Å². The highest BCUT2D eigenvalue weighted by Gasteiger charge is 2.02. The summed E-state index contributed by atoms with van der Waals surface area (Å²) in [5, 5.41) is 0.974. The first-order chi connectivity index (χ1) is 6.79. The molecule has 2 aromatic rings. The van der Waals surface area contributed by atoms with Gasteiger partial charge < -0.3 is 0 Å². The van der Waals surface area contributed by atoms with Crippen LogP contribution in [0.1, 0.15) is 10.6 Å². The van der Waals surface area contributed by atoms with Gasteiger partial charge in [-0.3, -0.25) is 0 Å². The fraction of sp³-hybridized carbons (Fsp3) is 0.182. The van der Waals surface area contributed by atoms with Crippen molar-refractivity contribution in [2.24, 2.45) is 0 Å². The van der Waals surface area contributed by atoms with Crippen molar-refractivity contribution >= 4 is 22.9 Å². The zero-order valence-corrected chi connectivity index (χ0v) is 9.40. The second-order valence-electron chi connectivity index (χ2n) is 3.12. The Bertz CT molecular complexity index is 419. The number of halogens is 1. The van der Waals surface area contributed by atoms with Crippen molar-refractivity contribution in [3.63, 3.8) is 0 Å². The van der Waals surface area contributed by atoms with E-state index in [4.69, 9.17) is 11.6 Å². The molecule has 0 aliphatic rings. The second kappa shape index (κ2) is 4.11. The van der Waals surface area contributed by atoms with E-state index in [-0.39, 0.29) is 0 Å². The number of rotatable bonds is 2. The molecule has 0 amide bonds. The topological polar surface area (TPSA) is 12.9 Å². The molecule has 2 rings (SSSR count). The summed E-state index contributed by atoms with van der Waals surface area (Å²) in [5.41, 5.74) is 2.49. The van der Waals surface area contributed by atoms with Crippen LogP contribution in [0.5, 0.6) is 0 Å². The first-order valence-corrected chi connectivity index (χ1v) is 5.72. The van der Waals surface area contributed by atoms with E-state index in [0.29, 0.717) is 5.88 Å². The number of hydrogen-bond acceptors (Lipinski definition) is 2. The van der Waals surface area contributed by atoms with Gasteiger partial charge in [0.2, 0.25) is 0 Å². The van der Waals surface area contributed by atoms with E-state index in [0.717, 1.165) is 5.01 Å². The number of aryl methyl sites for hydroxylation is 1. The third-order valence-electron chi connectivity index (χ3n) is 2.00. The van der Waals surface area contributed by atoms with Gasteiger partial charge in [-0.05, 0) is 12.5 Å². The van der Waals surface area contributed by atoms with Gasteiger partial charge in [-0.2, -0.15) is 0 Å². The Labute approximate surface area is 92.4 Å². The molecule has 14 heavy (non-hydrogen) atoms. The Morgan fingerprint density at radius 1 is 1.29 bits per heavy atom. The van der Waals surface area contributed by atoms with Gasteiger partial charge in [0.25, 0.3) is 0 Å². The molecule has 3 heteroatoms. The van der Waals surface area contributed by atoms with Crippen LogP contribution >= 0.6 is 22.9 Å². The Balaban J connectivity index is 2.34. The van der Waals surface area contributed by atoms with Crippen LogP contribution in [-0.4, -0.2) is 4.98 Å². The highest BCUT2D eigenvalue weighted by atomic mass is 35.5. The zero-order valence-electron chi connectivity index (χ0n) is 7.83. The standard InChI is InChI=1S/C11H10ClNS/c1-8-2-4-9(5-3-8)10-7-13-11(6-12)14-10/h2-5,7H,6H2,1H3. The van der Waals surface area contributed by atoms with E-state index in [1.807, 2.05) is 6.20 Å². The Morgan fingerprint density at radius 3 is 2.57 bits per heavy atom. The zero-order chi connectivity index (χ0) is 9.97. The molecular weight excluding hydrogens is 214 g/mol. The maximum Gasteiger partial charge on any atom is 0.108 e. The molecule has 0 radical (unpaired) electrons. The van der Waals surface area contributed by atoms with E-state index < -0.39 is 0 Å². The number of benzene rings is 1. The molecule has 0 N–H and O–H groups in total. The molecule has 72 valence electrons. The minimum absolute atomic E-state index is 0.497. The van der Waals surface area contributed by atoms with Gasteiger partial charge in [-0.15, -0.1) is 22.9 Å². The predicted octanol–water partition coefficient (Wildman–Crippen LogP) is 3.86. The maximum absolute atomic E-state index is 5.70. The largest absolute Gasteiger partial charge is 0.248 e. The van der Waals surface area contributed by atoms with E-state index in [1.165, 1.54) is 16.0 Å². The molecule has 0 saturated carbocycles. The lowest BCUT2D eigenvalue weighted by Gasteiger charge is -1.96. The van der Waals surface area contributed by atoms with Gasteiger partial charge in [0.1, 0.15) is 5.01 Å². The first kappa shape index (κ1) is 9.69. The van der Waals surface area contributed by atoms with Crippen LogP contribution in [0.15, 0.2) is 30.5 Å². The van der Waals surface area contributed by atoms with Crippen molar-refractivity contribution in [1.29, 1.82) is 0 Å². The number of hydrogen-bond donors (Lipinski definition) is 0. The number of thiazole rings is 1. The molecule has 0 saturated heterocycles. The third kappa shape index (κ3) is 1.97. The van der Waals surface area contributed by atoms with Crippen LogP contribution in [-0.2, 0) is 5.88 Å². The number of alkyl halides is 1. The summed E-state index contributed by atoms with van der Waals surface area (Å²) in [6.07, 6.45) is 1.88. The molecule has 1 aromatic heterocycles. The summed E-state index contributed by atoms with van der Waals surface area (Å²) in [5.74, 6) is 0.497. The van der Waals surface area contributed by atoms with Crippen LogP contribution in [0.25, 0.3) is 10.4 Å². The second-order valence-corrected chi connectivity index (χ2v) is 4.50. The Morgan fingerprint density at radius 2 is 2.00 bits per heavy atom. The van der Waals surface area contributed by atoms with Crippen molar-refractivity contribution < 1.29 is 0 Å². The average Bonchev–Trinajstić information content (AvgIpc) is 2.67. The smallest absolute Gasteiger partial charge is 0.108 e. The monoisotopic (exact) mass is 223 g/mol. The van der Waals surface area contributed by atoms with Crippen LogP contribution < -0.4 is 0 Å². The Kier molecular flexibility index (Phi) is 2.85. The van der Waals surface area contributed by atoms with Crippen molar-refractivity contribution in [3.05, 3.63) is 41.0 Å². The fourth-order valence-corrected chi connectivity index (χ4v) is 2.23. The van der Waals surface area contributed by atoms with Crippen LogP contribution in [0.2, 0.25) is 0 Å². The molecule has 0 spiro atoms. The summed E-state index contributed by atoms with van der Waals surface area (Å²) in [6, 6.07) is 8.44. The lowest BCUT2D eigenvalue weighted by atomic mass is 10.1. The molecular formula is C11H10ClNS. The number of nitrogens with zero attached hydrogens (tertiary/aromatic N) is 1. The molecule has 0 aliphatic carbocycles. The maximum atomic E-state index is 5.70.